The van der Waals surface area contributed by atoms with Crippen molar-refractivity contribution in [1.82, 2.24) is 5.32 Å². The molecule has 0 spiro atoms. The Hall–Kier alpha value is -1.35. The fraction of sp³-hybridized carbons (Fsp3) is 0.533. The molecule has 0 aliphatic heterocycles. The van der Waals surface area contributed by atoms with Crippen LogP contribution in [0.25, 0.3) is 0 Å². The van der Waals surface area contributed by atoms with E-state index in [0.717, 1.165) is 30.4 Å². The summed E-state index contributed by atoms with van der Waals surface area (Å²) in [5.74, 6) is 0.00486. The van der Waals surface area contributed by atoms with Crippen molar-refractivity contribution >= 4 is 5.91 Å². The lowest BCUT2D eigenvalue weighted by Gasteiger charge is -2.28. The molecule has 1 aromatic rings. The number of carbonyl (C=O) groups is 1. The molecule has 1 amide bonds. The minimum absolute atomic E-state index is 0.00486. The topological polar surface area (TPSA) is 55.1 Å². The number of hydrogen-bond donors (Lipinski definition) is 2. The minimum atomic E-state index is -0.132. The highest BCUT2D eigenvalue weighted by molar-refractivity contribution is 5.96. The number of amides is 1. The summed E-state index contributed by atoms with van der Waals surface area (Å²) in [6.45, 7) is 6.82. The van der Waals surface area contributed by atoms with Crippen molar-refractivity contribution in [3.8, 4) is 0 Å². The molecular formula is C15H24N2O. The van der Waals surface area contributed by atoms with Gasteiger partial charge in [-0.15, -0.1) is 0 Å². The molecule has 0 aliphatic rings. The summed E-state index contributed by atoms with van der Waals surface area (Å²) in [5, 5.41) is 3.13. The van der Waals surface area contributed by atoms with Crippen LogP contribution in [0.1, 0.15) is 49.5 Å². The molecule has 100 valence electrons. The van der Waals surface area contributed by atoms with E-state index in [1.54, 1.807) is 0 Å². The van der Waals surface area contributed by atoms with Crippen LogP contribution in [-0.4, -0.2) is 18.0 Å². The molecule has 0 unspecified atom stereocenters. The highest BCUT2D eigenvalue weighted by atomic mass is 16.1. The molecule has 3 heteroatoms. The van der Waals surface area contributed by atoms with Gasteiger partial charge in [-0.1, -0.05) is 32.0 Å². The van der Waals surface area contributed by atoms with Crippen molar-refractivity contribution in [3.63, 3.8) is 0 Å². The van der Waals surface area contributed by atoms with Gasteiger partial charge in [-0.2, -0.15) is 0 Å². The predicted octanol–water partition coefficient (Wildman–Crippen LogP) is 2.50. The Morgan fingerprint density at radius 2 is 1.89 bits per heavy atom. The third-order valence-corrected chi connectivity index (χ3v) is 3.65. The first-order valence-corrected chi connectivity index (χ1v) is 6.66. The summed E-state index contributed by atoms with van der Waals surface area (Å²) in [6.07, 6.45) is 2.58. The molecule has 0 fully saturated rings. The van der Waals surface area contributed by atoms with Gasteiger partial charge in [0.05, 0.1) is 0 Å². The first kappa shape index (κ1) is 14.7. The molecule has 3 nitrogen and oxygen atoms in total. The Kier molecular flexibility index (Phi) is 5.35. The van der Waals surface area contributed by atoms with Crippen LogP contribution in [0.5, 0.6) is 0 Å². The smallest absolute Gasteiger partial charge is 0.251 e. The van der Waals surface area contributed by atoms with E-state index in [4.69, 9.17) is 5.73 Å². The van der Waals surface area contributed by atoms with Crippen LogP contribution in [0.15, 0.2) is 24.3 Å². The normalized spacial score (nSPS) is 11.3. The molecule has 0 radical (unpaired) electrons. The van der Waals surface area contributed by atoms with Crippen LogP contribution in [0.4, 0.5) is 0 Å². The first-order chi connectivity index (χ1) is 8.56. The zero-order valence-electron chi connectivity index (χ0n) is 11.6. The number of hydrogen-bond acceptors (Lipinski definition) is 2. The lowest BCUT2D eigenvalue weighted by molar-refractivity contribution is 0.0900. The third kappa shape index (κ3) is 3.57. The number of rotatable bonds is 6. The SMILES string of the molecule is CCC(C)(CC)NC(=O)c1ccccc1CCN. The van der Waals surface area contributed by atoms with E-state index < -0.39 is 0 Å². The molecular weight excluding hydrogens is 224 g/mol. The molecule has 0 heterocycles. The van der Waals surface area contributed by atoms with Gasteiger partial charge in [0.25, 0.3) is 5.91 Å². The summed E-state index contributed by atoms with van der Waals surface area (Å²) in [5.41, 5.74) is 7.21. The van der Waals surface area contributed by atoms with Crippen LogP contribution in [-0.2, 0) is 6.42 Å². The second-order valence-corrected chi connectivity index (χ2v) is 4.92. The van der Waals surface area contributed by atoms with E-state index in [0.29, 0.717) is 6.54 Å². The van der Waals surface area contributed by atoms with Gasteiger partial charge in [0.1, 0.15) is 0 Å². The fourth-order valence-corrected chi connectivity index (χ4v) is 1.88. The summed E-state index contributed by atoms with van der Waals surface area (Å²) in [6, 6.07) is 7.67. The summed E-state index contributed by atoms with van der Waals surface area (Å²) >= 11 is 0. The largest absolute Gasteiger partial charge is 0.347 e. The molecule has 0 saturated carbocycles. The molecule has 1 aromatic carbocycles. The van der Waals surface area contributed by atoms with E-state index in [1.807, 2.05) is 24.3 Å². The number of benzene rings is 1. The molecule has 0 bridgehead atoms. The minimum Gasteiger partial charge on any atom is -0.347 e. The van der Waals surface area contributed by atoms with Crippen molar-refractivity contribution in [2.45, 2.75) is 45.6 Å². The average molecular weight is 248 g/mol. The second-order valence-electron chi connectivity index (χ2n) is 4.92. The first-order valence-electron chi connectivity index (χ1n) is 6.66. The van der Waals surface area contributed by atoms with Gasteiger partial charge in [0, 0.05) is 11.1 Å². The van der Waals surface area contributed by atoms with E-state index in [9.17, 15) is 4.79 Å². The van der Waals surface area contributed by atoms with Crippen LogP contribution in [0, 0.1) is 0 Å². The molecule has 0 aliphatic carbocycles. The van der Waals surface area contributed by atoms with Gasteiger partial charge in [-0.05, 0) is 44.4 Å². The lowest BCUT2D eigenvalue weighted by atomic mass is 9.94. The Bertz CT molecular complexity index is 397. The molecule has 3 N–H and O–H groups in total. The van der Waals surface area contributed by atoms with Gasteiger partial charge in [0.2, 0.25) is 0 Å². The Morgan fingerprint density at radius 1 is 1.28 bits per heavy atom. The van der Waals surface area contributed by atoms with E-state index in [2.05, 4.69) is 26.1 Å². The van der Waals surface area contributed by atoms with E-state index >= 15 is 0 Å². The van der Waals surface area contributed by atoms with Gasteiger partial charge in [0.15, 0.2) is 0 Å². The Morgan fingerprint density at radius 3 is 2.44 bits per heavy atom. The number of carbonyl (C=O) groups excluding carboxylic acids is 1. The molecule has 1 rings (SSSR count). The van der Waals surface area contributed by atoms with Gasteiger partial charge < -0.3 is 11.1 Å². The second kappa shape index (κ2) is 6.55. The number of nitrogens with one attached hydrogen (secondary N) is 1. The van der Waals surface area contributed by atoms with Gasteiger partial charge in [-0.3, -0.25) is 4.79 Å². The van der Waals surface area contributed by atoms with E-state index in [-0.39, 0.29) is 11.4 Å². The summed E-state index contributed by atoms with van der Waals surface area (Å²) in [4.78, 5) is 12.3. The molecule has 0 saturated heterocycles. The Balaban J connectivity index is 2.90. The van der Waals surface area contributed by atoms with Gasteiger partial charge >= 0.3 is 0 Å². The van der Waals surface area contributed by atoms with Gasteiger partial charge in [-0.25, -0.2) is 0 Å². The quantitative estimate of drug-likeness (QED) is 0.812. The van der Waals surface area contributed by atoms with Crippen LogP contribution in [0.3, 0.4) is 0 Å². The average Bonchev–Trinajstić information content (AvgIpc) is 2.39. The summed E-state index contributed by atoms with van der Waals surface area (Å²) < 4.78 is 0. The van der Waals surface area contributed by atoms with Crippen LogP contribution < -0.4 is 11.1 Å². The van der Waals surface area contributed by atoms with Crippen molar-refractivity contribution in [2.75, 3.05) is 6.54 Å². The fourth-order valence-electron chi connectivity index (χ4n) is 1.88. The lowest BCUT2D eigenvalue weighted by Crippen LogP contribution is -2.45. The molecule has 0 aromatic heterocycles. The van der Waals surface area contributed by atoms with Crippen molar-refractivity contribution in [1.29, 1.82) is 0 Å². The maximum absolute atomic E-state index is 12.3. The van der Waals surface area contributed by atoms with Crippen LogP contribution >= 0.6 is 0 Å². The predicted molar refractivity (Wildman–Crippen MR) is 75.7 cm³/mol. The zero-order chi connectivity index (χ0) is 13.6. The standard InChI is InChI=1S/C15H24N2O/c1-4-15(3,5-2)17-14(18)13-9-7-6-8-12(13)10-11-16/h6-9H,4-5,10-11,16H2,1-3H3,(H,17,18). The van der Waals surface area contributed by atoms with Crippen LogP contribution in [0.2, 0.25) is 0 Å². The Labute approximate surface area is 110 Å². The highest BCUT2D eigenvalue weighted by Gasteiger charge is 2.23. The maximum atomic E-state index is 12.3. The molecule has 18 heavy (non-hydrogen) atoms. The highest BCUT2D eigenvalue weighted by Crippen LogP contribution is 2.16. The maximum Gasteiger partial charge on any atom is 0.251 e. The van der Waals surface area contributed by atoms with Crippen molar-refractivity contribution in [2.24, 2.45) is 5.73 Å². The number of nitrogens with two attached hydrogens (primary N) is 1. The van der Waals surface area contributed by atoms with E-state index in [1.165, 1.54) is 0 Å². The van der Waals surface area contributed by atoms with Crippen molar-refractivity contribution in [3.05, 3.63) is 35.4 Å². The third-order valence-electron chi connectivity index (χ3n) is 3.65. The monoisotopic (exact) mass is 248 g/mol. The zero-order valence-corrected chi connectivity index (χ0v) is 11.6. The summed E-state index contributed by atoms with van der Waals surface area (Å²) in [7, 11) is 0. The molecule has 0 atom stereocenters. The van der Waals surface area contributed by atoms with Crippen molar-refractivity contribution < 1.29 is 4.79 Å².